The van der Waals surface area contributed by atoms with E-state index in [-0.39, 0.29) is 11.9 Å². The average Bonchev–Trinajstić information content (AvgIpc) is 2.39. The molecule has 0 aliphatic rings. The molecule has 0 amide bonds. The van der Waals surface area contributed by atoms with Crippen molar-refractivity contribution in [3.63, 3.8) is 0 Å². The Hall–Kier alpha value is -1.62. The summed E-state index contributed by atoms with van der Waals surface area (Å²) in [5.74, 6) is 0.141. The molecule has 0 bridgehead atoms. The van der Waals surface area contributed by atoms with E-state index in [1.165, 1.54) is 12.1 Å². The molecule has 0 aliphatic heterocycles. The molecule has 0 heterocycles. The lowest BCUT2D eigenvalue weighted by Gasteiger charge is -2.14. The summed E-state index contributed by atoms with van der Waals surface area (Å²) in [6, 6.07) is 6.19. The lowest BCUT2D eigenvalue weighted by atomic mass is 10.1. The zero-order valence-electron chi connectivity index (χ0n) is 10.8. The third-order valence-electron chi connectivity index (χ3n) is 2.51. The Bertz CT molecular complexity index is 378. The minimum atomic E-state index is -0.263. The summed E-state index contributed by atoms with van der Waals surface area (Å²) in [6.07, 6.45) is 0.773. The van der Waals surface area contributed by atoms with Crippen LogP contribution in [0.25, 0.3) is 0 Å². The van der Waals surface area contributed by atoms with Crippen LogP contribution in [0.15, 0.2) is 29.3 Å². The number of rotatable bonds is 6. The van der Waals surface area contributed by atoms with Crippen molar-refractivity contribution in [3.8, 4) is 0 Å². The quantitative estimate of drug-likeness (QED) is 0.600. The monoisotopic (exact) mass is 253 g/mol. The molecule has 1 unspecified atom stereocenters. The standard InChI is InChI=1S/C13H20FN3O/c1-3-8-16-13(15)17-9-12(18-2)10-4-6-11(14)7-5-10/h4-7,12H,3,8-9H2,1-2H3,(H3,15,16,17). The van der Waals surface area contributed by atoms with Crippen LogP contribution in [0.3, 0.4) is 0 Å². The molecule has 0 saturated heterocycles. The summed E-state index contributed by atoms with van der Waals surface area (Å²) < 4.78 is 18.1. The Kier molecular flexibility index (Phi) is 6.14. The van der Waals surface area contributed by atoms with Crippen LogP contribution in [0.5, 0.6) is 0 Å². The van der Waals surface area contributed by atoms with E-state index in [0.717, 1.165) is 18.5 Å². The van der Waals surface area contributed by atoms with Gasteiger partial charge in [0, 0.05) is 13.7 Å². The first-order chi connectivity index (χ1) is 8.67. The fraction of sp³-hybridized carbons (Fsp3) is 0.462. The zero-order chi connectivity index (χ0) is 13.4. The first-order valence-electron chi connectivity index (χ1n) is 5.99. The van der Waals surface area contributed by atoms with Gasteiger partial charge in [-0.3, -0.25) is 4.99 Å². The first kappa shape index (κ1) is 14.4. The van der Waals surface area contributed by atoms with Crippen molar-refractivity contribution in [1.82, 2.24) is 5.32 Å². The summed E-state index contributed by atoms with van der Waals surface area (Å²) >= 11 is 0. The van der Waals surface area contributed by atoms with Crippen molar-refractivity contribution in [2.24, 2.45) is 10.7 Å². The van der Waals surface area contributed by atoms with Crippen LogP contribution in [0, 0.1) is 5.82 Å². The summed E-state index contributed by atoms with van der Waals surface area (Å²) in [5, 5.41) is 2.98. The maximum atomic E-state index is 12.8. The highest BCUT2D eigenvalue weighted by Crippen LogP contribution is 2.17. The summed E-state index contributed by atoms with van der Waals surface area (Å²) in [7, 11) is 1.60. The van der Waals surface area contributed by atoms with Gasteiger partial charge in [-0.1, -0.05) is 19.1 Å². The van der Waals surface area contributed by atoms with Gasteiger partial charge in [0.1, 0.15) is 11.9 Å². The van der Waals surface area contributed by atoms with E-state index in [0.29, 0.717) is 12.5 Å². The summed E-state index contributed by atoms with van der Waals surface area (Å²) in [6.45, 7) is 3.25. The molecular formula is C13H20FN3O. The molecule has 4 nitrogen and oxygen atoms in total. The SMILES string of the molecule is CCCNC(N)=NCC(OC)c1ccc(F)cc1. The van der Waals surface area contributed by atoms with Crippen LogP contribution in [0.4, 0.5) is 4.39 Å². The first-order valence-corrected chi connectivity index (χ1v) is 5.99. The molecule has 1 aromatic rings. The largest absolute Gasteiger partial charge is 0.375 e. The van der Waals surface area contributed by atoms with Crippen molar-refractivity contribution in [2.45, 2.75) is 19.4 Å². The van der Waals surface area contributed by atoms with Crippen molar-refractivity contribution >= 4 is 5.96 Å². The molecule has 1 aromatic carbocycles. The topological polar surface area (TPSA) is 59.6 Å². The lowest BCUT2D eigenvalue weighted by molar-refractivity contribution is 0.111. The second-order valence-electron chi connectivity index (χ2n) is 3.93. The summed E-state index contributed by atoms with van der Waals surface area (Å²) in [5.41, 5.74) is 6.57. The van der Waals surface area contributed by atoms with Gasteiger partial charge in [-0.05, 0) is 24.1 Å². The van der Waals surface area contributed by atoms with E-state index in [9.17, 15) is 4.39 Å². The smallest absolute Gasteiger partial charge is 0.188 e. The van der Waals surface area contributed by atoms with Crippen molar-refractivity contribution in [2.75, 3.05) is 20.2 Å². The highest BCUT2D eigenvalue weighted by atomic mass is 19.1. The second-order valence-corrected chi connectivity index (χ2v) is 3.93. The van der Waals surface area contributed by atoms with Gasteiger partial charge in [0.2, 0.25) is 0 Å². The number of hydrogen-bond donors (Lipinski definition) is 2. The zero-order valence-corrected chi connectivity index (χ0v) is 10.8. The molecular weight excluding hydrogens is 233 g/mol. The third kappa shape index (κ3) is 4.71. The molecule has 0 aromatic heterocycles. The molecule has 1 rings (SSSR count). The number of nitrogens with zero attached hydrogens (tertiary/aromatic N) is 1. The lowest BCUT2D eigenvalue weighted by Crippen LogP contribution is -2.32. The third-order valence-corrected chi connectivity index (χ3v) is 2.51. The Labute approximate surface area is 107 Å². The van der Waals surface area contributed by atoms with Crippen molar-refractivity contribution in [1.29, 1.82) is 0 Å². The van der Waals surface area contributed by atoms with Crippen molar-refractivity contribution < 1.29 is 9.13 Å². The predicted molar refractivity (Wildman–Crippen MR) is 70.9 cm³/mol. The number of hydrogen-bond acceptors (Lipinski definition) is 2. The van der Waals surface area contributed by atoms with Crippen LogP contribution in [0.2, 0.25) is 0 Å². The highest BCUT2D eigenvalue weighted by molar-refractivity contribution is 5.77. The number of aliphatic imine (C=N–C) groups is 1. The predicted octanol–water partition coefficient (Wildman–Crippen LogP) is 1.83. The second kappa shape index (κ2) is 7.66. The number of guanidine groups is 1. The number of nitrogens with one attached hydrogen (secondary N) is 1. The van der Waals surface area contributed by atoms with Gasteiger partial charge >= 0.3 is 0 Å². The fourth-order valence-corrected chi connectivity index (χ4v) is 1.48. The Morgan fingerprint density at radius 2 is 2.11 bits per heavy atom. The number of halogens is 1. The minimum absolute atomic E-state index is 0.215. The van der Waals surface area contributed by atoms with Gasteiger partial charge in [-0.25, -0.2) is 4.39 Å². The number of methoxy groups -OCH3 is 1. The van der Waals surface area contributed by atoms with Gasteiger partial charge < -0.3 is 15.8 Å². The molecule has 0 aliphatic carbocycles. The number of benzene rings is 1. The normalized spacial score (nSPS) is 13.4. The van der Waals surface area contributed by atoms with Gasteiger partial charge in [0.05, 0.1) is 6.54 Å². The van der Waals surface area contributed by atoms with Crippen LogP contribution in [-0.4, -0.2) is 26.2 Å². The van der Waals surface area contributed by atoms with E-state index < -0.39 is 0 Å². The molecule has 0 spiro atoms. The molecule has 100 valence electrons. The molecule has 0 fully saturated rings. The fourth-order valence-electron chi connectivity index (χ4n) is 1.48. The number of nitrogens with two attached hydrogens (primary N) is 1. The Morgan fingerprint density at radius 1 is 1.44 bits per heavy atom. The molecule has 5 heteroatoms. The van der Waals surface area contributed by atoms with Crippen LogP contribution in [-0.2, 0) is 4.74 Å². The maximum absolute atomic E-state index is 12.8. The van der Waals surface area contributed by atoms with Gasteiger partial charge in [-0.15, -0.1) is 0 Å². The van der Waals surface area contributed by atoms with E-state index >= 15 is 0 Å². The Morgan fingerprint density at radius 3 is 2.67 bits per heavy atom. The van der Waals surface area contributed by atoms with Crippen molar-refractivity contribution in [3.05, 3.63) is 35.6 Å². The van der Waals surface area contributed by atoms with E-state index in [1.54, 1.807) is 19.2 Å². The van der Waals surface area contributed by atoms with Crippen LogP contribution < -0.4 is 11.1 Å². The van der Waals surface area contributed by atoms with Crippen LogP contribution in [0.1, 0.15) is 25.0 Å². The van der Waals surface area contributed by atoms with Gasteiger partial charge in [-0.2, -0.15) is 0 Å². The maximum Gasteiger partial charge on any atom is 0.188 e. The molecule has 0 saturated carbocycles. The number of ether oxygens (including phenoxy) is 1. The average molecular weight is 253 g/mol. The Balaban J connectivity index is 2.59. The van der Waals surface area contributed by atoms with Gasteiger partial charge in [0.25, 0.3) is 0 Å². The van der Waals surface area contributed by atoms with Crippen LogP contribution >= 0.6 is 0 Å². The highest BCUT2D eigenvalue weighted by Gasteiger charge is 2.09. The summed E-state index contributed by atoms with van der Waals surface area (Å²) in [4.78, 5) is 4.20. The van der Waals surface area contributed by atoms with E-state index in [1.807, 2.05) is 0 Å². The minimum Gasteiger partial charge on any atom is -0.375 e. The molecule has 0 radical (unpaired) electrons. The van der Waals surface area contributed by atoms with Gasteiger partial charge in [0.15, 0.2) is 5.96 Å². The molecule has 1 atom stereocenters. The van der Waals surface area contributed by atoms with E-state index in [4.69, 9.17) is 10.5 Å². The molecule has 18 heavy (non-hydrogen) atoms. The molecule has 3 N–H and O–H groups in total. The van der Waals surface area contributed by atoms with E-state index in [2.05, 4.69) is 17.2 Å².